The van der Waals surface area contributed by atoms with Crippen molar-refractivity contribution in [1.29, 1.82) is 0 Å². The van der Waals surface area contributed by atoms with E-state index in [1.807, 2.05) is 0 Å². The first-order valence-corrected chi connectivity index (χ1v) is 8.92. The minimum atomic E-state index is 0. The molecule has 2 heteroatoms. The summed E-state index contributed by atoms with van der Waals surface area (Å²) in [5, 5.41) is 0. The van der Waals surface area contributed by atoms with Crippen LogP contribution in [0, 0.1) is 0 Å². The van der Waals surface area contributed by atoms with Crippen LogP contribution in [-0.4, -0.2) is 31.0 Å². The van der Waals surface area contributed by atoms with Crippen molar-refractivity contribution in [3.05, 3.63) is 0 Å². The van der Waals surface area contributed by atoms with Gasteiger partial charge in [-0.1, -0.05) is 90.4 Å². The SMILES string of the molecule is CCCCCCCCCCCCCCCCN(C)C.O. The van der Waals surface area contributed by atoms with Crippen LogP contribution in [0.3, 0.4) is 0 Å². The second-order valence-electron chi connectivity index (χ2n) is 6.40. The lowest BCUT2D eigenvalue weighted by Gasteiger charge is -2.08. The van der Waals surface area contributed by atoms with E-state index in [9.17, 15) is 0 Å². The van der Waals surface area contributed by atoms with Gasteiger partial charge in [0.25, 0.3) is 0 Å². The molecule has 0 aromatic heterocycles. The summed E-state index contributed by atoms with van der Waals surface area (Å²) in [5.41, 5.74) is 0. The van der Waals surface area contributed by atoms with Crippen molar-refractivity contribution in [3.8, 4) is 0 Å². The van der Waals surface area contributed by atoms with Gasteiger partial charge in [0.2, 0.25) is 0 Å². The minimum Gasteiger partial charge on any atom is -0.412 e. The number of nitrogens with zero attached hydrogens (tertiary/aromatic N) is 1. The number of hydrogen-bond acceptors (Lipinski definition) is 1. The first-order valence-electron chi connectivity index (χ1n) is 8.92. The largest absolute Gasteiger partial charge is 0.412 e. The second kappa shape index (κ2) is 18.9. The summed E-state index contributed by atoms with van der Waals surface area (Å²) in [6, 6.07) is 0. The lowest BCUT2D eigenvalue weighted by molar-refractivity contribution is 0.389. The third-order valence-corrected chi connectivity index (χ3v) is 3.96. The lowest BCUT2D eigenvalue weighted by atomic mass is 10.0. The van der Waals surface area contributed by atoms with Crippen molar-refractivity contribution < 1.29 is 5.48 Å². The maximum absolute atomic E-state index is 2.29. The van der Waals surface area contributed by atoms with E-state index in [0.29, 0.717) is 0 Å². The maximum Gasteiger partial charge on any atom is -0.00248 e. The third kappa shape index (κ3) is 20.2. The van der Waals surface area contributed by atoms with Crippen molar-refractivity contribution in [2.24, 2.45) is 0 Å². The molecule has 0 heterocycles. The van der Waals surface area contributed by atoms with Gasteiger partial charge < -0.3 is 10.4 Å². The van der Waals surface area contributed by atoms with Gasteiger partial charge in [0, 0.05) is 0 Å². The molecule has 0 aliphatic heterocycles. The molecule has 0 aliphatic rings. The van der Waals surface area contributed by atoms with Crippen LogP contribution in [0.4, 0.5) is 0 Å². The van der Waals surface area contributed by atoms with Gasteiger partial charge in [-0.15, -0.1) is 0 Å². The molecule has 0 rings (SSSR count). The van der Waals surface area contributed by atoms with E-state index in [-0.39, 0.29) is 5.48 Å². The lowest BCUT2D eigenvalue weighted by Crippen LogP contribution is -2.12. The van der Waals surface area contributed by atoms with Gasteiger partial charge in [-0.2, -0.15) is 0 Å². The Hall–Kier alpha value is -0.0800. The molecule has 0 aromatic rings. The first kappa shape index (κ1) is 22.2. The third-order valence-electron chi connectivity index (χ3n) is 3.96. The predicted octanol–water partition coefficient (Wildman–Crippen LogP) is 5.20. The van der Waals surface area contributed by atoms with Crippen LogP contribution in [0.15, 0.2) is 0 Å². The van der Waals surface area contributed by atoms with Crippen LogP contribution in [-0.2, 0) is 0 Å². The van der Waals surface area contributed by atoms with Crippen molar-refractivity contribution in [2.45, 2.75) is 96.8 Å². The maximum atomic E-state index is 2.29. The molecule has 20 heavy (non-hydrogen) atoms. The fourth-order valence-electron chi connectivity index (χ4n) is 2.62. The van der Waals surface area contributed by atoms with Crippen LogP contribution < -0.4 is 0 Å². The van der Waals surface area contributed by atoms with Gasteiger partial charge in [0.1, 0.15) is 0 Å². The molecule has 0 aliphatic carbocycles. The molecule has 0 spiro atoms. The van der Waals surface area contributed by atoms with Gasteiger partial charge in [-0.25, -0.2) is 0 Å². The van der Waals surface area contributed by atoms with E-state index in [2.05, 4.69) is 25.9 Å². The van der Waals surface area contributed by atoms with Gasteiger partial charge in [-0.05, 0) is 27.1 Å². The normalized spacial score (nSPS) is 10.8. The standard InChI is InChI=1S/C18H39N.H2O/c1-4-5-6-7-8-9-10-11-12-13-14-15-16-17-18-19(2)3;/h4-18H2,1-3H3;1H2. The highest BCUT2D eigenvalue weighted by Crippen LogP contribution is 2.12. The van der Waals surface area contributed by atoms with E-state index in [1.54, 1.807) is 0 Å². The number of rotatable bonds is 15. The molecule has 0 aromatic carbocycles. The fraction of sp³-hybridized carbons (Fsp3) is 1.00. The van der Waals surface area contributed by atoms with Crippen molar-refractivity contribution in [2.75, 3.05) is 20.6 Å². The molecular weight excluding hydrogens is 246 g/mol. The summed E-state index contributed by atoms with van der Waals surface area (Å²) in [7, 11) is 4.34. The Labute approximate surface area is 128 Å². The molecular formula is C18H41NO. The monoisotopic (exact) mass is 287 g/mol. The van der Waals surface area contributed by atoms with Gasteiger partial charge in [0.15, 0.2) is 0 Å². The summed E-state index contributed by atoms with van der Waals surface area (Å²) in [6.45, 7) is 3.55. The molecule has 0 radical (unpaired) electrons. The summed E-state index contributed by atoms with van der Waals surface area (Å²) < 4.78 is 0. The zero-order valence-corrected chi connectivity index (χ0v) is 14.6. The van der Waals surface area contributed by atoms with E-state index in [4.69, 9.17) is 0 Å². The Morgan fingerprint density at radius 3 is 1.10 bits per heavy atom. The van der Waals surface area contributed by atoms with Gasteiger partial charge in [-0.3, -0.25) is 0 Å². The molecule has 2 N–H and O–H groups in total. The highest BCUT2D eigenvalue weighted by molar-refractivity contribution is 4.50. The van der Waals surface area contributed by atoms with E-state index < -0.39 is 0 Å². The van der Waals surface area contributed by atoms with Crippen LogP contribution in [0.2, 0.25) is 0 Å². The molecule has 124 valence electrons. The molecule has 0 saturated heterocycles. The molecule has 0 amide bonds. The smallest absolute Gasteiger partial charge is 0.00248 e. The molecule has 2 nitrogen and oxygen atoms in total. The van der Waals surface area contributed by atoms with E-state index >= 15 is 0 Å². The average Bonchev–Trinajstić information content (AvgIpc) is 2.39. The zero-order chi connectivity index (χ0) is 14.2. The summed E-state index contributed by atoms with van der Waals surface area (Å²) in [4.78, 5) is 2.29. The molecule has 0 unspecified atom stereocenters. The molecule has 0 bridgehead atoms. The topological polar surface area (TPSA) is 34.7 Å². The van der Waals surface area contributed by atoms with Crippen molar-refractivity contribution in [3.63, 3.8) is 0 Å². The second-order valence-corrected chi connectivity index (χ2v) is 6.40. The average molecular weight is 288 g/mol. The van der Waals surface area contributed by atoms with Crippen LogP contribution in [0.1, 0.15) is 96.8 Å². The molecule has 0 saturated carbocycles. The van der Waals surface area contributed by atoms with Gasteiger partial charge >= 0.3 is 0 Å². The van der Waals surface area contributed by atoms with Crippen LogP contribution >= 0.6 is 0 Å². The Morgan fingerprint density at radius 1 is 0.500 bits per heavy atom. The number of unbranched alkanes of at least 4 members (excludes halogenated alkanes) is 13. The fourth-order valence-corrected chi connectivity index (χ4v) is 2.62. The van der Waals surface area contributed by atoms with Crippen molar-refractivity contribution in [1.82, 2.24) is 4.90 Å². The Balaban J connectivity index is 0. The Bertz CT molecular complexity index is 159. The minimum absolute atomic E-state index is 0. The Kier molecular flexibility index (Phi) is 21.0. The zero-order valence-electron chi connectivity index (χ0n) is 14.6. The van der Waals surface area contributed by atoms with Gasteiger partial charge in [0.05, 0.1) is 0 Å². The highest BCUT2D eigenvalue weighted by atomic mass is 16.0. The summed E-state index contributed by atoms with van der Waals surface area (Å²) in [6.07, 6.45) is 20.3. The van der Waals surface area contributed by atoms with E-state index in [0.717, 1.165) is 0 Å². The van der Waals surface area contributed by atoms with E-state index in [1.165, 1.54) is 96.4 Å². The first-order chi connectivity index (χ1) is 9.27. The summed E-state index contributed by atoms with van der Waals surface area (Å²) in [5.74, 6) is 0. The highest BCUT2D eigenvalue weighted by Gasteiger charge is 1.94. The molecule has 0 fully saturated rings. The van der Waals surface area contributed by atoms with Crippen molar-refractivity contribution >= 4 is 0 Å². The number of hydrogen-bond donors (Lipinski definition) is 0. The molecule has 0 atom stereocenters. The predicted molar refractivity (Wildman–Crippen MR) is 92.5 cm³/mol. The van der Waals surface area contributed by atoms with Crippen LogP contribution in [0.25, 0.3) is 0 Å². The summed E-state index contributed by atoms with van der Waals surface area (Å²) >= 11 is 0. The quantitative estimate of drug-likeness (QED) is 0.381. The van der Waals surface area contributed by atoms with Crippen LogP contribution in [0.5, 0.6) is 0 Å². The Morgan fingerprint density at radius 2 is 0.800 bits per heavy atom.